The Bertz CT molecular complexity index is 1180. The first-order valence-electron chi connectivity index (χ1n) is 8.40. The molecule has 1 saturated heterocycles. The van der Waals surface area contributed by atoms with Crippen LogP contribution in [-0.2, 0) is 4.79 Å². The van der Waals surface area contributed by atoms with Crippen molar-refractivity contribution in [3.05, 3.63) is 87.3 Å². The average molecular weight is 410 g/mol. The van der Waals surface area contributed by atoms with E-state index >= 15 is 0 Å². The van der Waals surface area contributed by atoms with Crippen LogP contribution in [-0.4, -0.2) is 16.9 Å². The summed E-state index contributed by atoms with van der Waals surface area (Å²) < 4.78 is 5.64. The van der Waals surface area contributed by atoms with Gasteiger partial charge in [0.25, 0.3) is 11.6 Å². The molecule has 2 heterocycles. The van der Waals surface area contributed by atoms with Gasteiger partial charge in [-0.2, -0.15) is 0 Å². The number of para-hydroxylation sites is 1. The molecule has 2 aromatic carbocycles. The number of benzene rings is 2. The van der Waals surface area contributed by atoms with Gasteiger partial charge in [0.15, 0.2) is 0 Å². The van der Waals surface area contributed by atoms with E-state index in [0.29, 0.717) is 16.3 Å². The summed E-state index contributed by atoms with van der Waals surface area (Å²) in [5, 5.41) is 14.1. The van der Waals surface area contributed by atoms with Crippen LogP contribution in [0.2, 0.25) is 5.02 Å². The molecule has 8 nitrogen and oxygen atoms in total. The maximum absolute atomic E-state index is 12.7. The van der Waals surface area contributed by atoms with E-state index in [4.69, 9.17) is 16.0 Å². The molecule has 9 heteroatoms. The van der Waals surface area contributed by atoms with Crippen LogP contribution in [0.15, 0.2) is 70.8 Å². The molecule has 0 bridgehead atoms. The van der Waals surface area contributed by atoms with Crippen LogP contribution in [0.4, 0.5) is 16.2 Å². The van der Waals surface area contributed by atoms with Gasteiger partial charge in [0.1, 0.15) is 17.2 Å². The number of anilines is 1. The fourth-order valence-electron chi connectivity index (χ4n) is 2.94. The fourth-order valence-corrected chi connectivity index (χ4v) is 3.13. The number of hydrogen-bond acceptors (Lipinski definition) is 5. The average Bonchev–Trinajstić information content (AvgIpc) is 3.26. The molecule has 1 N–H and O–H groups in total. The number of carbonyl (C=O) groups is 2. The monoisotopic (exact) mass is 409 g/mol. The van der Waals surface area contributed by atoms with Crippen LogP contribution < -0.4 is 10.2 Å². The number of hydrogen-bond donors (Lipinski definition) is 1. The summed E-state index contributed by atoms with van der Waals surface area (Å²) in [5.41, 5.74) is 0.560. The number of furan rings is 1. The number of rotatable bonds is 4. The van der Waals surface area contributed by atoms with Gasteiger partial charge in [-0.1, -0.05) is 29.8 Å². The van der Waals surface area contributed by atoms with Gasteiger partial charge >= 0.3 is 6.03 Å². The minimum absolute atomic E-state index is 0.0124. The molecule has 0 radical (unpaired) electrons. The number of halogens is 1. The van der Waals surface area contributed by atoms with E-state index in [1.807, 2.05) is 0 Å². The molecular weight excluding hydrogens is 398 g/mol. The van der Waals surface area contributed by atoms with Crippen molar-refractivity contribution < 1.29 is 18.9 Å². The first kappa shape index (κ1) is 18.5. The number of nitro groups is 1. The van der Waals surface area contributed by atoms with E-state index in [2.05, 4.69) is 5.32 Å². The maximum Gasteiger partial charge on any atom is 0.333 e. The van der Waals surface area contributed by atoms with Crippen molar-refractivity contribution >= 4 is 41.0 Å². The van der Waals surface area contributed by atoms with Crippen LogP contribution in [0, 0.1) is 10.1 Å². The van der Waals surface area contributed by atoms with Crippen LogP contribution in [0.5, 0.6) is 0 Å². The zero-order valence-corrected chi connectivity index (χ0v) is 15.4. The smallest absolute Gasteiger partial charge is 0.333 e. The first-order valence-corrected chi connectivity index (χ1v) is 8.78. The molecule has 0 atom stereocenters. The highest BCUT2D eigenvalue weighted by Gasteiger charge is 2.35. The van der Waals surface area contributed by atoms with Crippen LogP contribution >= 0.6 is 11.6 Å². The van der Waals surface area contributed by atoms with E-state index < -0.39 is 16.9 Å². The van der Waals surface area contributed by atoms with Crippen LogP contribution in [0.3, 0.4) is 0 Å². The predicted octanol–water partition coefficient (Wildman–Crippen LogP) is 4.61. The molecule has 1 aliphatic rings. The molecule has 0 spiro atoms. The molecule has 4 rings (SSSR count). The van der Waals surface area contributed by atoms with Crippen molar-refractivity contribution in [1.82, 2.24) is 5.32 Å². The molecule has 1 aromatic heterocycles. The minimum atomic E-state index is -0.617. The van der Waals surface area contributed by atoms with Gasteiger partial charge in [0, 0.05) is 17.2 Å². The number of nitrogens with zero attached hydrogens (tertiary/aromatic N) is 2. The van der Waals surface area contributed by atoms with Crippen molar-refractivity contribution in [1.29, 1.82) is 0 Å². The quantitative estimate of drug-likeness (QED) is 0.293. The predicted molar refractivity (Wildman–Crippen MR) is 106 cm³/mol. The van der Waals surface area contributed by atoms with Gasteiger partial charge in [-0.3, -0.25) is 14.9 Å². The SMILES string of the molecule is O=C1N/C(=C\c2ccc(-c3ccccc3[N+](=O)[O-])o2)C(=O)N1c1cccc(Cl)c1. The number of carbonyl (C=O) groups excluding carboxylic acids is 2. The topological polar surface area (TPSA) is 106 Å². The third-order valence-electron chi connectivity index (χ3n) is 4.22. The Morgan fingerprint density at radius 2 is 1.86 bits per heavy atom. The molecule has 0 unspecified atom stereocenters. The van der Waals surface area contributed by atoms with Crippen LogP contribution in [0.25, 0.3) is 17.4 Å². The summed E-state index contributed by atoms with van der Waals surface area (Å²) in [6.45, 7) is 0. The third kappa shape index (κ3) is 3.48. The number of nitro benzene ring substituents is 1. The number of imide groups is 1. The number of nitrogens with one attached hydrogen (secondary N) is 1. The van der Waals surface area contributed by atoms with E-state index in [0.717, 1.165) is 4.90 Å². The van der Waals surface area contributed by atoms with Gasteiger partial charge in [-0.05, 0) is 36.4 Å². The van der Waals surface area contributed by atoms with Crippen molar-refractivity contribution in [2.45, 2.75) is 0 Å². The Kier molecular flexibility index (Phi) is 4.61. The van der Waals surface area contributed by atoms with E-state index in [1.165, 1.54) is 18.2 Å². The van der Waals surface area contributed by atoms with Gasteiger partial charge in [0.05, 0.1) is 16.2 Å². The molecule has 0 aliphatic carbocycles. The van der Waals surface area contributed by atoms with Crippen LogP contribution in [0.1, 0.15) is 5.76 Å². The second-order valence-electron chi connectivity index (χ2n) is 6.08. The first-order chi connectivity index (χ1) is 13.9. The van der Waals surface area contributed by atoms with E-state index in [1.54, 1.807) is 48.5 Å². The second kappa shape index (κ2) is 7.25. The summed E-state index contributed by atoms with van der Waals surface area (Å²) in [7, 11) is 0. The highest BCUT2D eigenvalue weighted by molar-refractivity contribution is 6.32. The standard InChI is InChI=1S/C20H12ClN3O5/c21-12-4-3-5-13(10-12)23-19(25)16(22-20(23)26)11-14-8-9-18(29-14)15-6-1-2-7-17(15)24(27)28/h1-11H,(H,22,26)/b16-11-. The normalized spacial score (nSPS) is 15.1. The fraction of sp³-hybridized carbons (Fsp3) is 0. The Morgan fingerprint density at radius 1 is 1.07 bits per heavy atom. The summed E-state index contributed by atoms with van der Waals surface area (Å²) in [6, 6.07) is 15.0. The summed E-state index contributed by atoms with van der Waals surface area (Å²) in [5.74, 6) is -0.0386. The second-order valence-corrected chi connectivity index (χ2v) is 6.52. The molecule has 0 saturated carbocycles. The van der Waals surface area contributed by atoms with Gasteiger partial charge in [-0.25, -0.2) is 9.69 Å². The van der Waals surface area contributed by atoms with Crippen molar-refractivity contribution in [3.8, 4) is 11.3 Å². The largest absolute Gasteiger partial charge is 0.456 e. The zero-order valence-electron chi connectivity index (χ0n) is 14.7. The Morgan fingerprint density at radius 3 is 2.62 bits per heavy atom. The highest BCUT2D eigenvalue weighted by Crippen LogP contribution is 2.32. The molecule has 144 valence electrons. The van der Waals surface area contributed by atoms with Crippen molar-refractivity contribution in [2.24, 2.45) is 0 Å². The van der Waals surface area contributed by atoms with E-state index in [-0.39, 0.29) is 22.9 Å². The zero-order chi connectivity index (χ0) is 20.5. The summed E-state index contributed by atoms with van der Waals surface area (Å²) in [6.07, 6.45) is 1.36. The molecule has 1 aliphatic heterocycles. The Labute approximate surface area is 169 Å². The minimum Gasteiger partial charge on any atom is -0.456 e. The number of urea groups is 1. The van der Waals surface area contributed by atoms with E-state index in [9.17, 15) is 19.7 Å². The van der Waals surface area contributed by atoms with Gasteiger partial charge < -0.3 is 9.73 Å². The lowest BCUT2D eigenvalue weighted by Crippen LogP contribution is -2.30. The lowest BCUT2D eigenvalue weighted by molar-refractivity contribution is -0.384. The Hall–Kier alpha value is -3.91. The van der Waals surface area contributed by atoms with Gasteiger partial charge in [0.2, 0.25) is 0 Å². The summed E-state index contributed by atoms with van der Waals surface area (Å²) >= 11 is 5.93. The molecule has 3 aromatic rings. The summed E-state index contributed by atoms with van der Waals surface area (Å²) in [4.78, 5) is 36.6. The van der Waals surface area contributed by atoms with Crippen molar-refractivity contribution in [3.63, 3.8) is 0 Å². The highest BCUT2D eigenvalue weighted by atomic mass is 35.5. The van der Waals surface area contributed by atoms with Gasteiger partial charge in [-0.15, -0.1) is 0 Å². The lowest BCUT2D eigenvalue weighted by Gasteiger charge is -2.11. The molecule has 1 fully saturated rings. The molecule has 3 amide bonds. The lowest BCUT2D eigenvalue weighted by atomic mass is 10.1. The molecular formula is C20H12ClN3O5. The van der Waals surface area contributed by atoms with Crippen molar-refractivity contribution in [2.75, 3.05) is 4.90 Å². The maximum atomic E-state index is 12.7. The third-order valence-corrected chi connectivity index (χ3v) is 4.46. The Balaban J connectivity index is 1.64. The molecule has 29 heavy (non-hydrogen) atoms. The number of amides is 3.